The molecule has 29 heavy (non-hydrogen) atoms. The molecule has 0 aliphatic carbocycles. The van der Waals surface area contributed by atoms with Gasteiger partial charge in [0.2, 0.25) is 11.7 Å². The maximum atomic E-state index is 12.4. The summed E-state index contributed by atoms with van der Waals surface area (Å²) in [4.78, 5) is 16.8. The molecule has 7 heteroatoms. The summed E-state index contributed by atoms with van der Waals surface area (Å²) in [5, 5.41) is 7.57. The number of benzene rings is 2. The van der Waals surface area contributed by atoms with Gasteiger partial charge in [-0.05, 0) is 36.8 Å². The summed E-state index contributed by atoms with van der Waals surface area (Å²) in [5.74, 6) is 0.689. The molecule has 1 N–H and O–H groups in total. The van der Waals surface area contributed by atoms with Crippen LogP contribution in [0, 0.1) is 6.92 Å². The van der Waals surface area contributed by atoms with Gasteiger partial charge < -0.3 is 14.4 Å². The molecule has 4 rings (SSSR count). The van der Waals surface area contributed by atoms with E-state index in [4.69, 9.17) is 16.1 Å². The molecule has 0 bridgehead atoms. The Morgan fingerprint density at radius 1 is 1.14 bits per heavy atom. The van der Waals surface area contributed by atoms with Crippen LogP contribution in [0.5, 0.6) is 0 Å². The van der Waals surface area contributed by atoms with Gasteiger partial charge in [0.05, 0.1) is 0 Å². The lowest BCUT2D eigenvalue weighted by molar-refractivity contribution is -0.121. The van der Waals surface area contributed by atoms with Gasteiger partial charge in [0.15, 0.2) is 0 Å². The first-order chi connectivity index (χ1) is 14.1. The number of carbonyl (C=O) groups is 1. The highest BCUT2D eigenvalue weighted by atomic mass is 35.5. The van der Waals surface area contributed by atoms with Gasteiger partial charge in [0.25, 0.3) is 5.89 Å². The van der Waals surface area contributed by atoms with Crippen molar-refractivity contribution in [3.05, 3.63) is 83.0 Å². The number of amides is 1. The van der Waals surface area contributed by atoms with Crippen molar-refractivity contribution < 1.29 is 9.32 Å². The lowest BCUT2D eigenvalue weighted by Gasteiger charge is -2.08. The molecule has 0 unspecified atom stereocenters. The van der Waals surface area contributed by atoms with E-state index in [0.717, 1.165) is 16.7 Å². The number of carbonyl (C=O) groups excluding carboxylic acids is 1. The second-order valence-corrected chi connectivity index (χ2v) is 7.16. The normalized spacial score (nSPS) is 10.8. The van der Waals surface area contributed by atoms with Gasteiger partial charge in [0.1, 0.15) is 12.2 Å². The number of nitrogens with one attached hydrogen (secondary N) is 1. The van der Waals surface area contributed by atoms with Crippen LogP contribution in [0.2, 0.25) is 5.02 Å². The molecule has 2 aromatic heterocycles. The molecule has 0 spiro atoms. The van der Waals surface area contributed by atoms with Crippen LogP contribution >= 0.6 is 11.6 Å². The summed E-state index contributed by atoms with van der Waals surface area (Å²) in [5.41, 5.74) is 3.67. The first-order valence-electron chi connectivity index (χ1n) is 9.16. The Morgan fingerprint density at radius 3 is 2.83 bits per heavy atom. The van der Waals surface area contributed by atoms with E-state index in [1.54, 1.807) is 16.7 Å². The number of halogens is 1. The Hall–Kier alpha value is -3.38. The molecule has 0 saturated carbocycles. The van der Waals surface area contributed by atoms with Gasteiger partial charge in [0, 0.05) is 23.3 Å². The van der Waals surface area contributed by atoms with Gasteiger partial charge >= 0.3 is 0 Å². The quantitative estimate of drug-likeness (QED) is 0.512. The fraction of sp³-hybridized carbons (Fsp3) is 0.136. The molecule has 0 aliphatic rings. The zero-order valence-electron chi connectivity index (χ0n) is 15.8. The third kappa shape index (κ3) is 4.55. The third-order valence-corrected chi connectivity index (χ3v) is 4.68. The van der Waals surface area contributed by atoms with Crippen molar-refractivity contribution in [1.82, 2.24) is 20.0 Å². The molecular formula is C22H19ClN4O2. The standard InChI is InChI=1S/C22H19ClN4O2/c1-15-5-2-6-16(11-15)13-24-20(28)14-27-10-4-9-19(27)22-25-21(26-29-22)17-7-3-8-18(23)12-17/h2-12H,13-14H2,1H3,(H,24,28). The first kappa shape index (κ1) is 19.0. The van der Waals surface area contributed by atoms with E-state index < -0.39 is 0 Å². The fourth-order valence-electron chi connectivity index (χ4n) is 3.05. The maximum absolute atomic E-state index is 12.4. The van der Waals surface area contributed by atoms with Crippen molar-refractivity contribution in [1.29, 1.82) is 0 Å². The van der Waals surface area contributed by atoms with E-state index in [9.17, 15) is 4.79 Å². The number of hydrogen-bond acceptors (Lipinski definition) is 4. The third-order valence-electron chi connectivity index (χ3n) is 4.44. The minimum Gasteiger partial charge on any atom is -0.350 e. The minimum atomic E-state index is -0.0986. The summed E-state index contributed by atoms with van der Waals surface area (Å²) < 4.78 is 7.19. The number of hydrogen-bond donors (Lipinski definition) is 1. The summed E-state index contributed by atoms with van der Waals surface area (Å²) in [6.45, 7) is 2.67. The Kier molecular flexibility index (Phi) is 5.44. The van der Waals surface area contributed by atoms with Crippen LogP contribution in [0.3, 0.4) is 0 Å². The average molecular weight is 407 g/mol. The van der Waals surface area contributed by atoms with Crippen molar-refractivity contribution in [2.24, 2.45) is 0 Å². The highest BCUT2D eigenvalue weighted by Gasteiger charge is 2.15. The van der Waals surface area contributed by atoms with Crippen molar-refractivity contribution in [2.75, 3.05) is 0 Å². The number of aryl methyl sites for hydroxylation is 1. The van der Waals surface area contributed by atoms with Crippen molar-refractivity contribution in [3.63, 3.8) is 0 Å². The SMILES string of the molecule is Cc1cccc(CNC(=O)Cn2cccc2-c2nc(-c3cccc(Cl)c3)no2)c1. The number of nitrogens with zero attached hydrogens (tertiary/aromatic N) is 3. The van der Waals surface area contributed by atoms with E-state index in [2.05, 4.69) is 21.5 Å². The molecule has 2 heterocycles. The highest BCUT2D eigenvalue weighted by molar-refractivity contribution is 6.30. The van der Waals surface area contributed by atoms with Crippen molar-refractivity contribution in [2.45, 2.75) is 20.0 Å². The van der Waals surface area contributed by atoms with Gasteiger partial charge in [-0.25, -0.2) is 0 Å². The molecule has 6 nitrogen and oxygen atoms in total. The van der Waals surface area contributed by atoms with Gasteiger partial charge in [-0.15, -0.1) is 0 Å². The second kappa shape index (κ2) is 8.32. The predicted octanol–water partition coefficient (Wildman–Crippen LogP) is 4.48. The molecule has 0 atom stereocenters. The molecule has 0 saturated heterocycles. The van der Waals surface area contributed by atoms with Crippen LogP contribution in [-0.4, -0.2) is 20.6 Å². The second-order valence-electron chi connectivity index (χ2n) is 6.72. The Bertz CT molecular complexity index is 1150. The lowest BCUT2D eigenvalue weighted by atomic mass is 10.1. The van der Waals surface area contributed by atoms with Crippen molar-refractivity contribution in [3.8, 4) is 23.0 Å². The maximum Gasteiger partial charge on any atom is 0.274 e. The first-order valence-corrected chi connectivity index (χ1v) is 9.54. The largest absolute Gasteiger partial charge is 0.350 e. The van der Waals surface area contributed by atoms with E-state index in [-0.39, 0.29) is 12.5 Å². The molecular weight excluding hydrogens is 388 g/mol. The van der Waals surface area contributed by atoms with Crippen LogP contribution in [0.15, 0.2) is 71.4 Å². The highest BCUT2D eigenvalue weighted by Crippen LogP contribution is 2.24. The zero-order chi connectivity index (χ0) is 20.2. The topological polar surface area (TPSA) is 73.0 Å². The molecule has 146 valence electrons. The summed E-state index contributed by atoms with van der Waals surface area (Å²) in [6.07, 6.45) is 1.81. The molecule has 0 radical (unpaired) electrons. The predicted molar refractivity (Wildman–Crippen MR) is 111 cm³/mol. The van der Waals surface area contributed by atoms with E-state index in [0.29, 0.717) is 29.0 Å². The van der Waals surface area contributed by atoms with E-state index >= 15 is 0 Å². The summed E-state index contributed by atoms with van der Waals surface area (Å²) >= 11 is 6.03. The van der Waals surface area contributed by atoms with Crippen LogP contribution in [0.25, 0.3) is 23.0 Å². The average Bonchev–Trinajstić information content (AvgIpc) is 3.36. The molecule has 1 amide bonds. The molecule has 0 fully saturated rings. The van der Waals surface area contributed by atoms with Crippen LogP contribution in [0.1, 0.15) is 11.1 Å². The van der Waals surface area contributed by atoms with E-state index in [1.807, 2.05) is 55.6 Å². The minimum absolute atomic E-state index is 0.0986. The van der Waals surface area contributed by atoms with Gasteiger partial charge in [-0.2, -0.15) is 4.98 Å². The van der Waals surface area contributed by atoms with Crippen molar-refractivity contribution >= 4 is 17.5 Å². The Morgan fingerprint density at radius 2 is 2.00 bits per heavy atom. The molecule has 2 aromatic carbocycles. The number of rotatable bonds is 6. The fourth-order valence-corrected chi connectivity index (χ4v) is 3.24. The summed E-state index contributed by atoms with van der Waals surface area (Å²) in [7, 11) is 0. The summed E-state index contributed by atoms with van der Waals surface area (Å²) in [6, 6.07) is 19.0. The van der Waals surface area contributed by atoms with Crippen LogP contribution < -0.4 is 5.32 Å². The van der Waals surface area contributed by atoms with Gasteiger partial charge in [-0.1, -0.05) is 58.7 Å². The molecule has 4 aromatic rings. The van der Waals surface area contributed by atoms with Gasteiger partial charge in [-0.3, -0.25) is 4.79 Å². The smallest absolute Gasteiger partial charge is 0.274 e. The zero-order valence-corrected chi connectivity index (χ0v) is 16.6. The monoisotopic (exact) mass is 406 g/mol. The number of aromatic nitrogens is 3. The molecule has 0 aliphatic heterocycles. The Labute approximate surface area is 173 Å². The van der Waals surface area contributed by atoms with E-state index in [1.165, 1.54) is 0 Å². The lowest BCUT2D eigenvalue weighted by Crippen LogP contribution is -2.27. The Balaban J connectivity index is 1.45. The van der Waals surface area contributed by atoms with Crippen LogP contribution in [-0.2, 0) is 17.9 Å². The van der Waals surface area contributed by atoms with Crippen LogP contribution in [0.4, 0.5) is 0 Å².